The van der Waals surface area contributed by atoms with E-state index in [0.717, 1.165) is 25.7 Å². The van der Waals surface area contributed by atoms with Gasteiger partial charge >= 0.3 is 0 Å². The van der Waals surface area contributed by atoms with Crippen molar-refractivity contribution in [1.82, 2.24) is 10.2 Å². The fourth-order valence-electron chi connectivity index (χ4n) is 2.98. The predicted molar refractivity (Wildman–Crippen MR) is 86.0 cm³/mol. The van der Waals surface area contributed by atoms with Gasteiger partial charge in [0, 0.05) is 18.7 Å². The van der Waals surface area contributed by atoms with Crippen molar-refractivity contribution < 1.29 is 24.2 Å². The minimum absolute atomic E-state index is 0.132. The van der Waals surface area contributed by atoms with Crippen molar-refractivity contribution in [2.75, 3.05) is 26.5 Å². The summed E-state index contributed by atoms with van der Waals surface area (Å²) < 4.78 is 10.5. The Bertz CT molecular complexity index is 611. The number of ether oxygens (including phenoxy) is 2. The number of hydrogen-bond donors (Lipinski definition) is 2. The number of hydrogen-bond acceptors (Lipinski definition) is 5. The number of fused-ring (bicyclic) bond motifs is 1. The van der Waals surface area contributed by atoms with Gasteiger partial charge in [-0.3, -0.25) is 9.59 Å². The molecule has 2 amide bonds. The maximum absolute atomic E-state index is 12.5. The number of rotatable bonds is 4. The number of likely N-dealkylation sites (tertiary alicyclic amines) is 1. The maximum atomic E-state index is 12.5. The lowest BCUT2D eigenvalue weighted by atomic mass is 10.1. The first kappa shape index (κ1) is 16.6. The van der Waals surface area contributed by atoms with Gasteiger partial charge in [-0.1, -0.05) is 12.8 Å². The lowest BCUT2D eigenvalue weighted by molar-refractivity contribution is -0.134. The second-order valence-corrected chi connectivity index (χ2v) is 6.02. The van der Waals surface area contributed by atoms with E-state index >= 15 is 0 Å². The molecule has 0 aromatic heterocycles. The minimum Gasteiger partial charge on any atom is -0.454 e. The minimum atomic E-state index is -0.930. The van der Waals surface area contributed by atoms with Crippen LogP contribution in [0.4, 0.5) is 0 Å². The van der Waals surface area contributed by atoms with Crippen LogP contribution in [0.15, 0.2) is 18.2 Å². The third-order valence-corrected chi connectivity index (χ3v) is 4.34. The van der Waals surface area contributed by atoms with Gasteiger partial charge < -0.3 is 24.8 Å². The topological polar surface area (TPSA) is 88.1 Å². The molecular formula is C17H22N2O5. The number of nitrogens with zero attached hydrogens (tertiary/aromatic N) is 1. The number of aliphatic hydroxyl groups is 1. The molecule has 1 atom stereocenters. The third-order valence-electron chi connectivity index (χ3n) is 4.34. The van der Waals surface area contributed by atoms with Crippen LogP contribution in [-0.4, -0.2) is 54.4 Å². The lowest BCUT2D eigenvalue weighted by Crippen LogP contribution is -2.50. The SMILES string of the molecule is O=C(N[C@@H](CO)C(=O)N1CCCCCC1)c1ccc2c(c1)OCO2. The van der Waals surface area contributed by atoms with E-state index < -0.39 is 18.6 Å². The molecule has 0 aliphatic carbocycles. The molecule has 2 N–H and O–H groups in total. The Balaban J connectivity index is 1.65. The lowest BCUT2D eigenvalue weighted by Gasteiger charge is -2.25. The molecule has 7 heteroatoms. The standard InChI is InChI=1S/C17H22N2O5/c20-10-13(17(22)19-7-3-1-2-4-8-19)18-16(21)12-5-6-14-15(9-12)24-11-23-14/h5-6,9,13,20H,1-4,7-8,10-11H2,(H,18,21)/t13-/m0/s1. The molecule has 0 spiro atoms. The van der Waals surface area contributed by atoms with Gasteiger partial charge in [0.15, 0.2) is 11.5 Å². The van der Waals surface area contributed by atoms with Crippen LogP contribution < -0.4 is 14.8 Å². The van der Waals surface area contributed by atoms with Gasteiger partial charge in [-0.2, -0.15) is 0 Å². The molecular weight excluding hydrogens is 312 g/mol. The van der Waals surface area contributed by atoms with Crippen molar-refractivity contribution in [3.63, 3.8) is 0 Å². The van der Waals surface area contributed by atoms with Gasteiger partial charge in [0.25, 0.3) is 5.91 Å². The molecule has 1 aromatic carbocycles. The van der Waals surface area contributed by atoms with Crippen LogP contribution in [0.5, 0.6) is 11.5 Å². The van der Waals surface area contributed by atoms with Crippen molar-refractivity contribution in [2.24, 2.45) is 0 Å². The molecule has 7 nitrogen and oxygen atoms in total. The number of aliphatic hydroxyl groups excluding tert-OH is 1. The van der Waals surface area contributed by atoms with Crippen molar-refractivity contribution in [1.29, 1.82) is 0 Å². The van der Waals surface area contributed by atoms with Gasteiger partial charge in [-0.15, -0.1) is 0 Å². The summed E-state index contributed by atoms with van der Waals surface area (Å²) in [5.74, 6) is 0.442. The van der Waals surface area contributed by atoms with E-state index in [-0.39, 0.29) is 12.7 Å². The zero-order chi connectivity index (χ0) is 16.9. The van der Waals surface area contributed by atoms with Crippen molar-refractivity contribution in [3.05, 3.63) is 23.8 Å². The first-order valence-corrected chi connectivity index (χ1v) is 8.29. The predicted octanol–water partition coefficient (Wildman–Crippen LogP) is 0.909. The average Bonchev–Trinajstić information content (AvgIpc) is 2.90. The summed E-state index contributed by atoms with van der Waals surface area (Å²) in [5.41, 5.74) is 0.362. The van der Waals surface area contributed by atoms with Crippen molar-refractivity contribution >= 4 is 11.8 Å². The summed E-state index contributed by atoms with van der Waals surface area (Å²) in [7, 11) is 0. The van der Waals surface area contributed by atoms with E-state index in [9.17, 15) is 14.7 Å². The molecule has 3 rings (SSSR count). The van der Waals surface area contributed by atoms with Gasteiger partial charge in [-0.25, -0.2) is 0 Å². The summed E-state index contributed by atoms with van der Waals surface area (Å²) in [6, 6.07) is 3.90. The third kappa shape index (κ3) is 3.62. The summed E-state index contributed by atoms with van der Waals surface area (Å²) >= 11 is 0. The number of nitrogens with one attached hydrogen (secondary N) is 1. The van der Waals surface area contributed by atoms with E-state index in [4.69, 9.17) is 9.47 Å². The van der Waals surface area contributed by atoms with Crippen molar-refractivity contribution in [2.45, 2.75) is 31.7 Å². The van der Waals surface area contributed by atoms with Crippen LogP contribution in [0.3, 0.4) is 0 Å². The van der Waals surface area contributed by atoms with Gasteiger partial charge in [0.1, 0.15) is 6.04 Å². The van der Waals surface area contributed by atoms with E-state index in [1.807, 2.05) is 0 Å². The second kappa shape index (κ2) is 7.53. The van der Waals surface area contributed by atoms with Crippen molar-refractivity contribution in [3.8, 4) is 11.5 Å². The molecule has 2 aliphatic rings. The Morgan fingerprint density at radius 3 is 2.54 bits per heavy atom. The highest BCUT2D eigenvalue weighted by molar-refractivity contribution is 5.98. The smallest absolute Gasteiger partial charge is 0.252 e. The maximum Gasteiger partial charge on any atom is 0.252 e. The summed E-state index contributed by atoms with van der Waals surface area (Å²) in [6.07, 6.45) is 4.13. The van der Waals surface area contributed by atoms with Gasteiger partial charge in [-0.05, 0) is 31.0 Å². The molecule has 0 unspecified atom stereocenters. The largest absolute Gasteiger partial charge is 0.454 e. The second-order valence-electron chi connectivity index (χ2n) is 6.02. The highest BCUT2D eigenvalue weighted by Gasteiger charge is 2.26. The molecule has 0 bridgehead atoms. The molecule has 0 radical (unpaired) electrons. The van der Waals surface area contributed by atoms with Crippen LogP contribution in [0.2, 0.25) is 0 Å². The molecule has 24 heavy (non-hydrogen) atoms. The number of benzene rings is 1. The Hall–Kier alpha value is -2.28. The van der Waals surface area contributed by atoms with Crippen LogP contribution in [0, 0.1) is 0 Å². The Morgan fingerprint density at radius 2 is 1.83 bits per heavy atom. The molecule has 1 saturated heterocycles. The number of carbonyl (C=O) groups is 2. The van der Waals surface area contributed by atoms with E-state index in [1.165, 1.54) is 0 Å². The quantitative estimate of drug-likeness (QED) is 0.854. The van der Waals surface area contributed by atoms with Gasteiger partial charge in [0.05, 0.1) is 6.61 Å². The first-order valence-electron chi connectivity index (χ1n) is 8.29. The molecule has 130 valence electrons. The Morgan fingerprint density at radius 1 is 1.12 bits per heavy atom. The monoisotopic (exact) mass is 334 g/mol. The summed E-state index contributed by atoms with van der Waals surface area (Å²) in [6.45, 7) is 1.06. The fraction of sp³-hybridized carbons (Fsp3) is 0.529. The van der Waals surface area contributed by atoms with Crippen LogP contribution in [0.1, 0.15) is 36.0 Å². The van der Waals surface area contributed by atoms with Crippen LogP contribution in [-0.2, 0) is 4.79 Å². The van der Waals surface area contributed by atoms with E-state index in [0.29, 0.717) is 30.2 Å². The zero-order valence-electron chi connectivity index (χ0n) is 13.5. The highest BCUT2D eigenvalue weighted by Crippen LogP contribution is 2.32. The summed E-state index contributed by atoms with van der Waals surface area (Å²) in [4.78, 5) is 26.7. The molecule has 0 saturated carbocycles. The summed E-state index contributed by atoms with van der Waals surface area (Å²) in [5, 5.41) is 12.2. The average molecular weight is 334 g/mol. The van der Waals surface area contributed by atoms with Crippen LogP contribution >= 0.6 is 0 Å². The van der Waals surface area contributed by atoms with E-state index in [2.05, 4.69) is 5.32 Å². The molecule has 2 aliphatic heterocycles. The number of amides is 2. The molecule has 1 aromatic rings. The van der Waals surface area contributed by atoms with Gasteiger partial charge in [0.2, 0.25) is 12.7 Å². The highest BCUT2D eigenvalue weighted by atomic mass is 16.7. The molecule has 1 fully saturated rings. The number of carbonyl (C=O) groups excluding carboxylic acids is 2. The van der Waals surface area contributed by atoms with E-state index in [1.54, 1.807) is 23.1 Å². The normalized spacial score (nSPS) is 18.0. The first-order chi connectivity index (χ1) is 11.7. The fourth-order valence-corrected chi connectivity index (χ4v) is 2.98. The van der Waals surface area contributed by atoms with Crippen LogP contribution in [0.25, 0.3) is 0 Å². The Kier molecular flexibility index (Phi) is 5.20. The molecule has 2 heterocycles. The zero-order valence-corrected chi connectivity index (χ0v) is 13.5. The Labute approximate surface area is 140 Å².